The molecule has 0 spiro atoms. The molecule has 3 rings (SSSR count). The van der Waals surface area contributed by atoms with E-state index in [0.717, 1.165) is 24.6 Å². The Labute approximate surface area is 125 Å². The minimum absolute atomic E-state index is 0.471. The molecule has 114 valence electrons. The first kappa shape index (κ1) is 14.1. The molecule has 1 aliphatic heterocycles. The van der Waals surface area contributed by atoms with Crippen LogP contribution in [0.1, 0.15) is 26.2 Å². The van der Waals surface area contributed by atoms with Crippen LogP contribution in [-0.2, 0) is 0 Å². The zero-order valence-electron chi connectivity index (χ0n) is 12.7. The molecule has 2 aromatic heterocycles. The van der Waals surface area contributed by atoms with E-state index in [9.17, 15) is 0 Å². The highest BCUT2D eigenvalue weighted by atomic mass is 16.5. The van der Waals surface area contributed by atoms with E-state index in [-0.39, 0.29) is 0 Å². The quantitative estimate of drug-likeness (QED) is 0.912. The summed E-state index contributed by atoms with van der Waals surface area (Å²) in [4.78, 5) is 11.2. The number of imidazole rings is 1. The van der Waals surface area contributed by atoms with Crippen LogP contribution in [0, 0.1) is 0 Å². The van der Waals surface area contributed by atoms with E-state index in [1.807, 2.05) is 16.8 Å². The van der Waals surface area contributed by atoms with Crippen LogP contribution in [0.2, 0.25) is 0 Å². The fourth-order valence-electron chi connectivity index (χ4n) is 2.80. The third kappa shape index (κ3) is 3.10. The van der Waals surface area contributed by atoms with Gasteiger partial charge in [0.15, 0.2) is 0 Å². The molecule has 0 bridgehead atoms. The van der Waals surface area contributed by atoms with E-state index in [1.165, 1.54) is 19.3 Å². The van der Waals surface area contributed by atoms with Crippen molar-refractivity contribution in [2.75, 3.05) is 32.1 Å². The zero-order valence-corrected chi connectivity index (χ0v) is 12.7. The van der Waals surface area contributed by atoms with Crippen molar-refractivity contribution in [3.05, 3.63) is 18.6 Å². The summed E-state index contributed by atoms with van der Waals surface area (Å²) >= 11 is 0. The molecule has 1 saturated heterocycles. The summed E-state index contributed by atoms with van der Waals surface area (Å²) in [6, 6.07) is 0.471. The van der Waals surface area contributed by atoms with Gasteiger partial charge in [0.25, 0.3) is 5.88 Å². The van der Waals surface area contributed by atoms with E-state index in [1.54, 1.807) is 6.20 Å². The minimum Gasteiger partial charge on any atom is -0.473 e. The third-order valence-corrected chi connectivity index (χ3v) is 4.04. The number of likely N-dealkylation sites (tertiary alicyclic amines) is 1. The van der Waals surface area contributed by atoms with Gasteiger partial charge in [-0.25, -0.2) is 4.98 Å². The van der Waals surface area contributed by atoms with Gasteiger partial charge in [-0.15, -0.1) is 0 Å². The summed E-state index contributed by atoms with van der Waals surface area (Å²) in [7, 11) is 2.17. The molecule has 0 saturated carbocycles. The maximum Gasteiger partial charge on any atom is 0.260 e. The Bertz CT molecular complexity index is 597. The molecule has 1 fully saturated rings. The van der Waals surface area contributed by atoms with E-state index in [4.69, 9.17) is 4.74 Å². The molecule has 2 aromatic rings. The van der Waals surface area contributed by atoms with E-state index in [2.05, 4.69) is 34.2 Å². The van der Waals surface area contributed by atoms with Gasteiger partial charge in [-0.1, -0.05) is 6.42 Å². The van der Waals surface area contributed by atoms with Crippen molar-refractivity contribution >= 4 is 11.5 Å². The highest BCUT2D eigenvalue weighted by Gasteiger charge is 2.20. The van der Waals surface area contributed by atoms with Gasteiger partial charge in [-0.05, 0) is 33.4 Å². The molecular weight excluding hydrogens is 266 g/mol. The van der Waals surface area contributed by atoms with Crippen LogP contribution in [-0.4, -0.2) is 52.1 Å². The van der Waals surface area contributed by atoms with Crippen molar-refractivity contribution in [1.29, 1.82) is 0 Å². The minimum atomic E-state index is 0.471. The van der Waals surface area contributed by atoms with Gasteiger partial charge in [0, 0.05) is 25.0 Å². The molecule has 6 heteroatoms. The SMILES string of the molecule is CCNc1cn2ccnc2c(OCC2CCCCN2C)n1. The molecule has 1 aliphatic rings. The van der Waals surface area contributed by atoms with E-state index in [0.29, 0.717) is 18.5 Å². The van der Waals surface area contributed by atoms with Crippen LogP contribution < -0.4 is 10.1 Å². The summed E-state index contributed by atoms with van der Waals surface area (Å²) in [5, 5.41) is 3.23. The van der Waals surface area contributed by atoms with Crippen LogP contribution in [0.5, 0.6) is 5.88 Å². The molecule has 1 atom stereocenters. The Morgan fingerprint density at radius 2 is 2.33 bits per heavy atom. The van der Waals surface area contributed by atoms with Crippen LogP contribution in [0.25, 0.3) is 5.65 Å². The number of anilines is 1. The van der Waals surface area contributed by atoms with Gasteiger partial charge in [-0.2, -0.15) is 4.98 Å². The highest BCUT2D eigenvalue weighted by Crippen LogP contribution is 2.21. The highest BCUT2D eigenvalue weighted by molar-refractivity contribution is 5.53. The largest absolute Gasteiger partial charge is 0.473 e. The first-order valence-corrected chi connectivity index (χ1v) is 7.68. The molecule has 21 heavy (non-hydrogen) atoms. The number of fused-ring (bicyclic) bond motifs is 1. The number of piperidine rings is 1. The molecular formula is C15H23N5O. The number of nitrogens with zero attached hydrogens (tertiary/aromatic N) is 4. The van der Waals surface area contributed by atoms with Gasteiger partial charge in [-0.3, -0.25) is 4.40 Å². The average Bonchev–Trinajstić information content (AvgIpc) is 2.95. The summed E-state index contributed by atoms with van der Waals surface area (Å²) in [6.45, 7) is 4.70. The van der Waals surface area contributed by atoms with Gasteiger partial charge in [0.05, 0.1) is 6.20 Å². The second-order valence-electron chi connectivity index (χ2n) is 5.56. The van der Waals surface area contributed by atoms with Crippen molar-refractivity contribution in [2.45, 2.75) is 32.2 Å². The Kier molecular flexibility index (Phi) is 4.24. The normalized spacial score (nSPS) is 19.8. The summed E-state index contributed by atoms with van der Waals surface area (Å²) in [6.07, 6.45) is 9.37. The van der Waals surface area contributed by atoms with E-state index >= 15 is 0 Å². The van der Waals surface area contributed by atoms with Crippen molar-refractivity contribution in [2.24, 2.45) is 0 Å². The molecule has 1 unspecified atom stereocenters. The Morgan fingerprint density at radius 3 is 3.14 bits per heavy atom. The average molecular weight is 289 g/mol. The maximum atomic E-state index is 6.00. The number of hydrogen-bond donors (Lipinski definition) is 1. The number of likely N-dealkylation sites (N-methyl/N-ethyl adjacent to an activating group) is 1. The third-order valence-electron chi connectivity index (χ3n) is 4.04. The molecule has 1 N–H and O–H groups in total. The molecule has 6 nitrogen and oxygen atoms in total. The van der Waals surface area contributed by atoms with Crippen molar-refractivity contribution in [1.82, 2.24) is 19.3 Å². The van der Waals surface area contributed by atoms with Crippen molar-refractivity contribution in [3.63, 3.8) is 0 Å². The lowest BCUT2D eigenvalue weighted by atomic mass is 10.0. The second kappa shape index (κ2) is 6.30. The lowest BCUT2D eigenvalue weighted by Gasteiger charge is -2.31. The standard InChI is InChI=1S/C15H23N5O/c1-3-16-13-10-20-9-7-17-14(20)15(18-13)21-11-12-6-4-5-8-19(12)2/h7,9-10,12,16H,3-6,8,11H2,1-2H3. The fraction of sp³-hybridized carbons (Fsp3) is 0.600. The Morgan fingerprint density at radius 1 is 1.43 bits per heavy atom. The van der Waals surface area contributed by atoms with Crippen molar-refractivity contribution in [3.8, 4) is 5.88 Å². The van der Waals surface area contributed by atoms with Crippen LogP contribution in [0.15, 0.2) is 18.6 Å². The first-order chi connectivity index (χ1) is 10.3. The smallest absolute Gasteiger partial charge is 0.260 e. The number of rotatable bonds is 5. The number of nitrogens with one attached hydrogen (secondary N) is 1. The Hall–Kier alpha value is -1.82. The van der Waals surface area contributed by atoms with Crippen LogP contribution in [0.3, 0.4) is 0 Å². The molecule has 0 aromatic carbocycles. The number of ether oxygens (including phenoxy) is 1. The number of aromatic nitrogens is 3. The van der Waals surface area contributed by atoms with Crippen LogP contribution in [0.4, 0.5) is 5.82 Å². The molecule has 0 radical (unpaired) electrons. The second-order valence-corrected chi connectivity index (χ2v) is 5.56. The molecule has 0 amide bonds. The topological polar surface area (TPSA) is 54.7 Å². The summed E-state index contributed by atoms with van der Waals surface area (Å²) in [5.41, 5.74) is 0.773. The van der Waals surface area contributed by atoms with Gasteiger partial charge in [0.1, 0.15) is 12.4 Å². The fourth-order valence-corrected chi connectivity index (χ4v) is 2.80. The van der Waals surface area contributed by atoms with Gasteiger partial charge in [0.2, 0.25) is 5.65 Å². The molecule has 0 aliphatic carbocycles. The monoisotopic (exact) mass is 289 g/mol. The maximum absolute atomic E-state index is 6.00. The Balaban J connectivity index is 1.77. The summed E-state index contributed by atoms with van der Waals surface area (Å²) in [5.74, 6) is 1.42. The first-order valence-electron chi connectivity index (χ1n) is 7.68. The number of hydrogen-bond acceptors (Lipinski definition) is 5. The van der Waals surface area contributed by atoms with Crippen molar-refractivity contribution < 1.29 is 4.74 Å². The lowest BCUT2D eigenvalue weighted by Crippen LogP contribution is -2.40. The van der Waals surface area contributed by atoms with Crippen LogP contribution >= 0.6 is 0 Å². The zero-order chi connectivity index (χ0) is 14.7. The lowest BCUT2D eigenvalue weighted by molar-refractivity contribution is 0.123. The van der Waals surface area contributed by atoms with E-state index < -0.39 is 0 Å². The summed E-state index contributed by atoms with van der Waals surface area (Å²) < 4.78 is 7.95. The predicted molar refractivity (Wildman–Crippen MR) is 82.9 cm³/mol. The predicted octanol–water partition coefficient (Wildman–Crippen LogP) is 2.02. The van der Waals surface area contributed by atoms with Gasteiger partial charge >= 0.3 is 0 Å². The van der Waals surface area contributed by atoms with Gasteiger partial charge < -0.3 is 15.0 Å². The molecule has 3 heterocycles.